The summed E-state index contributed by atoms with van der Waals surface area (Å²) in [5.74, 6) is 0.696. The number of hydrogen-bond acceptors (Lipinski definition) is 5. The van der Waals surface area contributed by atoms with Gasteiger partial charge in [-0.2, -0.15) is 0 Å². The van der Waals surface area contributed by atoms with Crippen LogP contribution in [0.15, 0.2) is 42.5 Å². The molecule has 154 valence electrons. The molecule has 0 radical (unpaired) electrons. The number of ketones is 1. The van der Waals surface area contributed by atoms with E-state index in [9.17, 15) is 9.59 Å². The van der Waals surface area contributed by atoms with Crippen molar-refractivity contribution in [3.05, 3.63) is 59.2 Å². The van der Waals surface area contributed by atoms with Gasteiger partial charge in [0.25, 0.3) is 5.91 Å². The lowest BCUT2D eigenvalue weighted by atomic mass is 9.97. The monoisotopic (exact) mass is 396 g/mol. The van der Waals surface area contributed by atoms with Gasteiger partial charge in [0, 0.05) is 17.2 Å². The quantitative estimate of drug-likeness (QED) is 0.670. The average Bonchev–Trinajstić information content (AvgIpc) is 2.75. The zero-order chi connectivity index (χ0) is 20.6. The summed E-state index contributed by atoms with van der Waals surface area (Å²) in [5.41, 5.74) is 1.23. The van der Waals surface area contributed by atoms with E-state index in [-0.39, 0.29) is 17.7 Å². The van der Waals surface area contributed by atoms with E-state index < -0.39 is 0 Å². The van der Waals surface area contributed by atoms with Crippen molar-refractivity contribution in [3.8, 4) is 11.5 Å². The average molecular weight is 396 g/mol. The van der Waals surface area contributed by atoms with Gasteiger partial charge in [0.15, 0.2) is 17.3 Å². The Hall–Kier alpha value is -2.86. The molecule has 1 saturated heterocycles. The predicted molar refractivity (Wildman–Crippen MR) is 112 cm³/mol. The van der Waals surface area contributed by atoms with Gasteiger partial charge in [-0.15, -0.1) is 0 Å². The maximum absolute atomic E-state index is 13.2. The van der Waals surface area contributed by atoms with Crippen molar-refractivity contribution in [2.24, 2.45) is 0 Å². The van der Waals surface area contributed by atoms with Crippen molar-refractivity contribution >= 4 is 11.7 Å². The highest BCUT2D eigenvalue weighted by Crippen LogP contribution is 2.30. The first kappa shape index (κ1) is 20.9. The van der Waals surface area contributed by atoms with Gasteiger partial charge >= 0.3 is 0 Å². The maximum Gasteiger partial charge on any atom is 0.252 e. The topological polar surface area (TPSA) is 76.7 Å². The molecule has 6 nitrogen and oxygen atoms in total. The van der Waals surface area contributed by atoms with Crippen molar-refractivity contribution in [2.75, 3.05) is 26.3 Å². The van der Waals surface area contributed by atoms with Crippen LogP contribution in [-0.4, -0.2) is 44.0 Å². The molecule has 0 unspecified atom stereocenters. The van der Waals surface area contributed by atoms with Gasteiger partial charge in [0.05, 0.1) is 18.8 Å². The molecule has 2 aromatic carbocycles. The number of hydrogen-bond donors (Lipinski definition) is 2. The van der Waals surface area contributed by atoms with Gasteiger partial charge in [-0.1, -0.05) is 18.2 Å². The van der Waals surface area contributed by atoms with Gasteiger partial charge in [0.2, 0.25) is 0 Å². The minimum Gasteiger partial charge on any atom is -0.490 e. The van der Waals surface area contributed by atoms with Gasteiger partial charge in [-0.3, -0.25) is 9.59 Å². The second-order valence-electron chi connectivity index (χ2n) is 6.90. The fraction of sp³-hybridized carbons (Fsp3) is 0.391. The van der Waals surface area contributed by atoms with Gasteiger partial charge < -0.3 is 20.1 Å². The van der Waals surface area contributed by atoms with Gasteiger partial charge in [-0.25, -0.2) is 0 Å². The number of carbonyl (C=O) groups excluding carboxylic acids is 2. The smallest absolute Gasteiger partial charge is 0.252 e. The molecule has 0 atom stereocenters. The normalized spacial score (nSPS) is 14.3. The molecular formula is C23H28N2O4. The molecule has 1 fully saturated rings. The molecule has 0 aromatic heterocycles. The second-order valence-corrected chi connectivity index (χ2v) is 6.90. The first-order valence-corrected chi connectivity index (χ1v) is 10.2. The summed E-state index contributed by atoms with van der Waals surface area (Å²) in [6.07, 6.45) is 1.77. The van der Waals surface area contributed by atoms with Gasteiger partial charge in [0.1, 0.15) is 0 Å². The molecule has 1 aliphatic rings. The Balaban J connectivity index is 1.86. The first-order valence-electron chi connectivity index (χ1n) is 10.2. The standard InChI is InChI=1S/C23H28N2O4/c1-3-28-20-10-9-16(15-21(20)29-4-2)22(26)18-7-5-6-8-19(18)23(27)25-17-11-13-24-14-12-17/h5-10,15,17,24H,3-4,11-14H2,1-2H3,(H,25,27). The molecule has 0 spiro atoms. The number of piperidine rings is 1. The molecule has 0 bridgehead atoms. The Labute approximate surface area is 171 Å². The third-order valence-electron chi connectivity index (χ3n) is 4.90. The van der Waals surface area contributed by atoms with Crippen LogP contribution >= 0.6 is 0 Å². The summed E-state index contributed by atoms with van der Waals surface area (Å²) in [6.45, 7) is 6.52. The van der Waals surface area contributed by atoms with E-state index in [0.29, 0.717) is 41.4 Å². The predicted octanol–water partition coefficient (Wildman–Crippen LogP) is 3.20. The molecule has 0 aliphatic carbocycles. The zero-order valence-corrected chi connectivity index (χ0v) is 17.0. The molecule has 0 saturated carbocycles. The second kappa shape index (κ2) is 10.1. The van der Waals surface area contributed by atoms with Crippen LogP contribution in [0.5, 0.6) is 11.5 Å². The molecule has 2 N–H and O–H groups in total. The van der Waals surface area contributed by atoms with E-state index in [1.54, 1.807) is 42.5 Å². The third-order valence-corrected chi connectivity index (χ3v) is 4.90. The lowest BCUT2D eigenvalue weighted by Crippen LogP contribution is -2.43. The van der Waals surface area contributed by atoms with E-state index in [1.165, 1.54) is 0 Å². The Morgan fingerprint density at radius 2 is 1.62 bits per heavy atom. The summed E-state index contributed by atoms with van der Waals surface area (Å²) < 4.78 is 11.2. The highest BCUT2D eigenvalue weighted by molar-refractivity contribution is 6.15. The summed E-state index contributed by atoms with van der Waals surface area (Å²) >= 11 is 0. The van der Waals surface area contributed by atoms with Crippen LogP contribution in [0.3, 0.4) is 0 Å². The molecule has 6 heteroatoms. The van der Waals surface area contributed by atoms with Crippen molar-refractivity contribution in [3.63, 3.8) is 0 Å². The molecule has 1 heterocycles. The largest absolute Gasteiger partial charge is 0.490 e. The Bertz CT molecular complexity index is 860. The number of carbonyl (C=O) groups is 2. The Morgan fingerprint density at radius 3 is 2.31 bits per heavy atom. The first-order chi connectivity index (χ1) is 14.1. The zero-order valence-electron chi connectivity index (χ0n) is 17.0. The van der Waals surface area contributed by atoms with Crippen molar-refractivity contribution in [1.29, 1.82) is 0 Å². The van der Waals surface area contributed by atoms with Crippen molar-refractivity contribution in [1.82, 2.24) is 10.6 Å². The van der Waals surface area contributed by atoms with Crippen LogP contribution in [0.1, 0.15) is 53.0 Å². The van der Waals surface area contributed by atoms with E-state index in [2.05, 4.69) is 10.6 Å². The summed E-state index contributed by atoms with van der Waals surface area (Å²) in [5, 5.41) is 6.34. The van der Waals surface area contributed by atoms with Crippen LogP contribution < -0.4 is 20.1 Å². The molecule has 29 heavy (non-hydrogen) atoms. The highest BCUT2D eigenvalue weighted by atomic mass is 16.5. The number of ether oxygens (including phenoxy) is 2. The number of benzene rings is 2. The number of rotatable bonds is 8. The van der Waals surface area contributed by atoms with Crippen LogP contribution in [0.25, 0.3) is 0 Å². The van der Waals surface area contributed by atoms with Crippen molar-refractivity contribution < 1.29 is 19.1 Å². The fourth-order valence-corrected chi connectivity index (χ4v) is 3.46. The minimum atomic E-state index is -0.218. The molecule has 3 rings (SSSR count). The third kappa shape index (κ3) is 5.15. The van der Waals surface area contributed by atoms with Gasteiger partial charge in [-0.05, 0) is 64.0 Å². The number of amides is 1. The van der Waals surface area contributed by atoms with Crippen LogP contribution in [-0.2, 0) is 0 Å². The van der Waals surface area contributed by atoms with Crippen LogP contribution in [0.4, 0.5) is 0 Å². The summed E-state index contributed by atoms with van der Waals surface area (Å²) in [6, 6.07) is 12.2. The molecular weight excluding hydrogens is 368 g/mol. The highest BCUT2D eigenvalue weighted by Gasteiger charge is 2.22. The SMILES string of the molecule is CCOc1ccc(C(=O)c2ccccc2C(=O)NC2CCNCC2)cc1OCC. The van der Waals surface area contributed by atoms with E-state index in [1.807, 2.05) is 13.8 Å². The van der Waals surface area contributed by atoms with E-state index in [0.717, 1.165) is 25.9 Å². The van der Waals surface area contributed by atoms with Crippen LogP contribution in [0.2, 0.25) is 0 Å². The number of nitrogens with one attached hydrogen (secondary N) is 2. The maximum atomic E-state index is 13.2. The van der Waals surface area contributed by atoms with E-state index in [4.69, 9.17) is 9.47 Å². The lowest BCUT2D eigenvalue weighted by molar-refractivity contribution is 0.0920. The summed E-state index contributed by atoms with van der Waals surface area (Å²) in [7, 11) is 0. The lowest BCUT2D eigenvalue weighted by Gasteiger charge is -2.24. The molecule has 2 aromatic rings. The molecule has 1 amide bonds. The molecule has 1 aliphatic heterocycles. The Kier molecular flexibility index (Phi) is 7.25. The summed E-state index contributed by atoms with van der Waals surface area (Å²) in [4.78, 5) is 26.1. The van der Waals surface area contributed by atoms with E-state index >= 15 is 0 Å². The van der Waals surface area contributed by atoms with Crippen molar-refractivity contribution in [2.45, 2.75) is 32.7 Å². The Morgan fingerprint density at radius 1 is 0.966 bits per heavy atom. The fourth-order valence-electron chi connectivity index (χ4n) is 3.46. The van der Waals surface area contributed by atoms with Crippen LogP contribution in [0, 0.1) is 0 Å². The minimum absolute atomic E-state index is 0.127.